The highest BCUT2D eigenvalue weighted by Gasteiger charge is 2.28. The molecule has 3 rings (SSSR count). The van der Waals surface area contributed by atoms with Crippen molar-refractivity contribution in [3.8, 4) is 0 Å². The molecule has 5 nitrogen and oxygen atoms in total. The lowest BCUT2D eigenvalue weighted by atomic mass is 9.97. The predicted molar refractivity (Wildman–Crippen MR) is 87.6 cm³/mol. The van der Waals surface area contributed by atoms with Gasteiger partial charge in [-0.05, 0) is 30.5 Å². The van der Waals surface area contributed by atoms with Crippen LogP contribution in [0.25, 0.3) is 0 Å². The number of carboxylic acid groups (broad SMARTS) is 1. The standard InChI is InChI=1S/C17H17FN2O3S/c18-13-3-1-2-11(8-13)9-15-19-14(10-24-15)16(21)20-6-4-12(5-7-20)17(22)23/h1-3,8,10,12H,4-7,9H2,(H,22,23). The molecule has 126 valence electrons. The number of benzene rings is 1. The van der Waals surface area contributed by atoms with Crippen molar-refractivity contribution in [2.45, 2.75) is 19.3 Å². The van der Waals surface area contributed by atoms with Crippen LogP contribution in [-0.4, -0.2) is 40.0 Å². The van der Waals surface area contributed by atoms with Gasteiger partial charge in [0.1, 0.15) is 11.5 Å². The number of aromatic nitrogens is 1. The number of piperidine rings is 1. The highest BCUT2D eigenvalue weighted by atomic mass is 32.1. The van der Waals surface area contributed by atoms with E-state index in [0.717, 1.165) is 10.6 Å². The summed E-state index contributed by atoms with van der Waals surface area (Å²) in [6.45, 7) is 0.874. The summed E-state index contributed by atoms with van der Waals surface area (Å²) in [7, 11) is 0. The van der Waals surface area contributed by atoms with Crippen LogP contribution in [0.15, 0.2) is 29.6 Å². The summed E-state index contributed by atoms with van der Waals surface area (Å²) >= 11 is 1.37. The number of thiazole rings is 1. The second-order valence-corrected chi connectivity index (χ2v) is 6.78. The van der Waals surface area contributed by atoms with E-state index in [9.17, 15) is 14.0 Å². The minimum Gasteiger partial charge on any atom is -0.481 e. The van der Waals surface area contributed by atoms with Gasteiger partial charge in [-0.3, -0.25) is 9.59 Å². The molecule has 0 atom stereocenters. The summed E-state index contributed by atoms with van der Waals surface area (Å²) in [6.07, 6.45) is 1.43. The quantitative estimate of drug-likeness (QED) is 0.922. The second-order valence-electron chi connectivity index (χ2n) is 5.84. The molecule has 7 heteroatoms. The van der Waals surface area contributed by atoms with Gasteiger partial charge >= 0.3 is 5.97 Å². The monoisotopic (exact) mass is 348 g/mol. The predicted octanol–water partition coefficient (Wildman–Crippen LogP) is 2.81. The first-order valence-corrected chi connectivity index (χ1v) is 8.62. The number of carbonyl (C=O) groups is 2. The van der Waals surface area contributed by atoms with E-state index < -0.39 is 5.97 Å². The zero-order chi connectivity index (χ0) is 17.1. The molecule has 2 heterocycles. The molecule has 1 aromatic carbocycles. The van der Waals surface area contributed by atoms with E-state index in [0.29, 0.717) is 38.0 Å². The third-order valence-corrected chi connectivity index (χ3v) is 5.00. The summed E-state index contributed by atoms with van der Waals surface area (Å²) in [5, 5.41) is 11.5. The van der Waals surface area contributed by atoms with Crippen LogP contribution >= 0.6 is 11.3 Å². The summed E-state index contributed by atoms with van der Waals surface area (Å²) in [5.41, 5.74) is 1.19. The van der Waals surface area contributed by atoms with E-state index in [1.54, 1.807) is 16.3 Å². The number of carbonyl (C=O) groups excluding carboxylic acids is 1. The molecule has 1 fully saturated rings. The Balaban J connectivity index is 1.63. The fourth-order valence-corrected chi connectivity index (χ4v) is 3.61. The van der Waals surface area contributed by atoms with E-state index in [-0.39, 0.29) is 17.6 Å². The number of hydrogen-bond donors (Lipinski definition) is 1. The molecular weight excluding hydrogens is 331 g/mol. The Morgan fingerprint density at radius 2 is 2.08 bits per heavy atom. The number of nitrogens with zero attached hydrogens (tertiary/aromatic N) is 2. The minimum absolute atomic E-state index is 0.166. The molecule has 0 radical (unpaired) electrons. The molecule has 2 aromatic rings. The highest BCUT2D eigenvalue weighted by molar-refractivity contribution is 7.09. The molecule has 0 bridgehead atoms. The first-order chi connectivity index (χ1) is 11.5. The molecule has 1 N–H and O–H groups in total. The third kappa shape index (κ3) is 3.79. The maximum atomic E-state index is 13.2. The lowest BCUT2D eigenvalue weighted by molar-refractivity contribution is -0.143. The molecule has 0 unspecified atom stereocenters. The van der Waals surface area contributed by atoms with Crippen molar-refractivity contribution in [1.29, 1.82) is 0 Å². The third-order valence-electron chi connectivity index (χ3n) is 4.15. The Morgan fingerprint density at radius 1 is 1.33 bits per heavy atom. The van der Waals surface area contributed by atoms with Gasteiger partial charge in [-0.2, -0.15) is 0 Å². The number of carboxylic acids is 1. The van der Waals surface area contributed by atoms with Crippen LogP contribution in [-0.2, 0) is 11.2 Å². The largest absolute Gasteiger partial charge is 0.481 e. The van der Waals surface area contributed by atoms with Crippen molar-refractivity contribution in [3.05, 3.63) is 51.7 Å². The fourth-order valence-electron chi connectivity index (χ4n) is 2.80. The minimum atomic E-state index is -0.798. The van der Waals surface area contributed by atoms with E-state index in [4.69, 9.17) is 5.11 Å². The van der Waals surface area contributed by atoms with E-state index in [1.807, 2.05) is 6.07 Å². The Labute approximate surface area is 142 Å². The molecule has 1 aliphatic heterocycles. The van der Waals surface area contributed by atoms with E-state index in [2.05, 4.69) is 4.98 Å². The number of rotatable bonds is 4. The van der Waals surface area contributed by atoms with Gasteiger partial charge in [0.25, 0.3) is 5.91 Å². The maximum absolute atomic E-state index is 13.2. The average Bonchev–Trinajstić information content (AvgIpc) is 3.02. The van der Waals surface area contributed by atoms with Gasteiger partial charge in [0.15, 0.2) is 0 Å². The number of amides is 1. The second kappa shape index (κ2) is 7.09. The molecule has 1 amide bonds. The van der Waals surface area contributed by atoms with Crippen molar-refractivity contribution in [2.75, 3.05) is 13.1 Å². The van der Waals surface area contributed by atoms with Crippen LogP contribution < -0.4 is 0 Å². The summed E-state index contributed by atoms with van der Waals surface area (Å²) < 4.78 is 13.2. The lowest BCUT2D eigenvalue weighted by Gasteiger charge is -2.29. The molecule has 1 aliphatic rings. The Kier molecular flexibility index (Phi) is 4.89. The van der Waals surface area contributed by atoms with Crippen LogP contribution in [0, 0.1) is 11.7 Å². The topological polar surface area (TPSA) is 70.5 Å². The van der Waals surface area contributed by atoms with Gasteiger partial charge in [-0.1, -0.05) is 12.1 Å². The maximum Gasteiger partial charge on any atom is 0.306 e. The van der Waals surface area contributed by atoms with Gasteiger partial charge in [-0.25, -0.2) is 9.37 Å². The van der Waals surface area contributed by atoms with Gasteiger partial charge in [0.05, 0.1) is 10.9 Å². The average molecular weight is 348 g/mol. The number of likely N-dealkylation sites (tertiary alicyclic amines) is 1. The number of aliphatic carboxylic acids is 1. The first-order valence-electron chi connectivity index (χ1n) is 7.74. The molecule has 24 heavy (non-hydrogen) atoms. The van der Waals surface area contributed by atoms with Crippen molar-refractivity contribution < 1.29 is 19.1 Å². The SMILES string of the molecule is O=C(O)C1CCN(C(=O)c2csc(Cc3cccc(F)c3)n2)CC1. The summed E-state index contributed by atoms with van der Waals surface area (Å²) in [6, 6.07) is 6.32. The van der Waals surface area contributed by atoms with Crippen LogP contribution in [0.3, 0.4) is 0 Å². The van der Waals surface area contributed by atoms with Crippen molar-refractivity contribution in [1.82, 2.24) is 9.88 Å². The summed E-state index contributed by atoms with van der Waals surface area (Å²) in [5.74, 6) is -1.62. The molecule has 1 saturated heterocycles. The van der Waals surface area contributed by atoms with Crippen LogP contribution in [0.5, 0.6) is 0 Å². The normalized spacial score (nSPS) is 15.5. The Morgan fingerprint density at radius 3 is 2.75 bits per heavy atom. The first kappa shape index (κ1) is 16.6. The van der Waals surface area contributed by atoms with E-state index >= 15 is 0 Å². The summed E-state index contributed by atoms with van der Waals surface area (Å²) in [4.78, 5) is 29.4. The van der Waals surface area contributed by atoms with Crippen LogP contribution in [0.4, 0.5) is 4.39 Å². The van der Waals surface area contributed by atoms with Gasteiger partial charge in [-0.15, -0.1) is 11.3 Å². The van der Waals surface area contributed by atoms with Crippen molar-refractivity contribution in [2.24, 2.45) is 5.92 Å². The molecule has 0 aliphatic carbocycles. The van der Waals surface area contributed by atoms with Gasteiger partial charge in [0.2, 0.25) is 0 Å². The van der Waals surface area contributed by atoms with Gasteiger partial charge in [0, 0.05) is 24.9 Å². The van der Waals surface area contributed by atoms with Gasteiger partial charge < -0.3 is 10.0 Å². The lowest BCUT2D eigenvalue weighted by Crippen LogP contribution is -2.40. The Bertz CT molecular complexity index is 754. The number of hydrogen-bond acceptors (Lipinski definition) is 4. The van der Waals surface area contributed by atoms with Crippen molar-refractivity contribution in [3.63, 3.8) is 0 Å². The van der Waals surface area contributed by atoms with E-state index in [1.165, 1.54) is 23.5 Å². The molecular formula is C17H17FN2O3S. The van der Waals surface area contributed by atoms with Crippen LogP contribution in [0.2, 0.25) is 0 Å². The smallest absolute Gasteiger partial charge is 0.306 e. The van der Waals surface area contributed by atoms with Crippen molar-refractivity contribution >= 4 is 23.2 Å². The zero-order valence-corrected chi connectivity index (χ0v) is 13.8. The number of halogens is 1. The zero-order valence-electron chi connectivity index (χ0n) is 12.9. The fraction of sp³-hybridized carbons (Fsp3) is 0.353. The van der Waals surface area contributed by atoms with Crippen LogP contribution in [0.1, 0.15) is 33.9 Å². The highest BCUT2D eigenvalue weighted by Crippen LogP contribution is 2.21. The molecule has 0 spiro atoms. The Hall–Kier alpha value is -2.28. The molecule has 1 aromatic heterocycles. The molecule has 0 saturated carbocycles.